The smallest absolute Gasteiger partial charge is 0.306 e. The lowest BCUT2D eigenvalue weighted by molar-refractivity contribution is -0.415. The molecule has 268 valence electrons. The van der Waals surface area contributed by atoms with Crippen LogP contribution in [0.25, 0.3) is 0 Å². The summed E-state index contributed by atoms with van der Waals surface area (Å²) in [6.45, 7) is 2.66. The molecule has 3 aliphatic heterocycles. The minimum absolute atomic E-state index is 0.0596. The highest BCUT2D eigenvalue weighted by molar-refractivity contribution is 5.69. The summed E-state index contributed by atoms with van der Waals surface area (Å²) in [6, 6.07) is 0. The van der Waals surface area contributed by atoms with E-state index < -0.39 is 86.4 Å². The van der Waals surface area contributed by atoms with E-state index >= 15 is 0 Å². The fourth-order valence-corrected chi connectivity index (χ4v) is 6.05. The van der Waals surface area contributed by atoms with Crippen molar-refractivity contribution in [1.82, 2.24) is 0 Å². The van der Waals surface area contributed by atoms with E-state index in [0.29, 0.717) is 6.42 Å². The first kappa shape index (κ1) is 39.2. The normalized spacial score (nSPS) is 36.5. The molecule has 0 spiro atoms. The van der Waals surface area contributed by atoms with Crippen molar-refractivity contribution in [1.29, 1.82) is 0 Å². The molecule has 0 amide bonds. The van der Waals surface area contributed by atoms with Gasteiger partial charge in [0.25, 0.3) is 5.79 Å². The van der Waals surface area contributed by atoms with Crippen LogP contribution in [0.3, 0.4) is 0 Å². The van der Waals surface area contributed by atoms with Crippen LogP contribution in [0.2, 0.25) is 0 Å². The van der Waals surface area contributed by atoms with Crippen LogP contribution in [0, 0.1) is 0 Å². The van der Waals surface area contributed by atoms with E-state index in [0.717, 1.165) is 38.5 Å². The zero-order chi connectivity index (χ0) is 33.5. The van der Waals surface area contributed by atoms with Gasteiger partial charge in [0.2, 0.25) is 6.29 Å². The molecular weight excluding hydrogens is 604 g/mol. The molecule has 0 aromatic carbocycles. The number of allylic oxidation sites excluding steroid dienone is 2. The predicted octanol–water partition coefficient (Wildman–Crippen LogP) is 1.96. The van der Waals surface area contributed by atoms with Gasteiger partial charge in [0, 0.05) is 6.42 Å². The van der Waals surface area contributed by atoms with Crippen molar-refractivity contribution in [2.75, 3.05) is 19.8 Å². The Morgan fingerprint density at radius 3 is 1.98 bits per heavy atom. The molecule has 3 saturated heterocycles. The third-order valence-electron chi connectivity index (χ3n) is 8.82. The van der Waals surface area contributed by atoms with Gasteiger partial charge < -0.3 is 59.1 Å². The number of esters is 1. The fourth-order valence-electron chi connectivity index (χ4n) is 6.05. The molecule has 46 heavy (non-hydrogen) atoms. The molecule has 6 N–H and O–H groups in total. The SMILES string of the molecule is CCCCCCCC/C=C\CCCCCCCC(=O)O[C@H]1[C@H](O)[C@@H](CO)O[C@]1(O[C@H]1O[C@H](CO)[C@@H](O)[C@H](O)[C@H]1O)C1OCC(C)O1. The second kappa shape index (κ2) is 20.3. The highest BCUT2D eigenvalue weighted by atomic mass is 16.9. The lowest BCUT2D eigenvalue weighted by atomic mass is 9.98. The van der Waals surface area contributed by atoms with Gasteiger partial charge in [-0.05, 0) is 39.0 Å². The van der Waals surface area contributed by atoms with Gasteiger partial charge in [0.15, 0.2) is 12.4 Å². The van der Waals surface area contributed by atoms with E-state index in [1.807, 2.05) is 0 Å². The Morgan fingerprint density at radius 2 is 1.39 bits per heavy atom. The Balaban J connectivity index is 1.51. The molecule has 0 saturated carbocycles. The summed E-state index contributed by atoms with van der Waals surface area (Å²) in [5, 5.41) is 61.8. The average molecular weight is 663 g/mol. The van der Waals surface area contributed by atoms with E-state index in [2.05, 4.69) is 19.1 Å². The van der Waals surface area contributed by atoms with Crippen molar-refractivity contribution < 1.29 is 63.9 Å². The van der Waals surface area contributed by atoms with Crippen molar-refractivity contribution in [2.24, 2.45) is 0 Å². The molecule has 0 aromatic rings. The van der Waals surface area contributed by atoms with Gasteiger partial charge in [0.05, 0.1) is 25.9 Å². The summed E-state index contributed by atoms with van der Waals surface area (Å²) < 4.78 is 34.7. The summed E-state index contributed by atoms with van der Waals surface area (Å²) in [5.41, 5.74) is 0. The van der Waals surface area contributed by atoms with Gasteiger partial charge in [-0.1, -0.05) is 70.4 Å². The fraction of sp³-hybridized carbons (Fsp3) is 0.909. The molecule has 13 heteroatoms. The maximum Gasteiger partial charge on any atom is 0.306 e. The summed E-state index contributed by atoms with van der Waals surface area (Å²) in [4.78, 5) is 13.0. The first-order valence-electron chi connectivity index (χ1n) is 17.2. The second-order valence-corrected chi connectivity index (χ2v) is 12.7. The van der Waals surface area contributed by atoms with Gasteiger partial charge in [-0.3, -0.25) is 4.79 Å². The van der Waals surface area contributed by atoms with Crippen LogP contribution in [0.15, 0.2) is 12.2 Å². The van der Waals surface area contributed by atoms with Crippen LogP contribution in [-0.2, 0) is 33.2 Å². The number of unbranched alkanes of at least 4 members (excludes halogenated alkanes) is 11. The van der Waals surface area contributed by atoms with E-state index in [1.54, 1.807) is 6.92 Å². The van der Waals surface area contributed by atoms with Crippen LogP contribution in [0.5, 0.6) is 0 Å². The van der Waals surface area contributed by atoms with Crippen LogP contribution in [0.1, 0.15) is 104 Å². The van der Waals surface area contributed by atoms with Gasteiger partial charge in [0.1, 0.15) is 36.6 Å². The van der Waals surface area contributed by atoms with Crippen LogP contribution in [0.4, 0.5) is 0 Å². The molecule has 0 bridgehead atoms. The third-order valence-corrected chi connectivity index (χ3v) is 8.82. The molecule has 3 heterocycles. The van der Waals surface area contributed by atoms with E-state index in [-0.39, 0.29) is 13.0 Å². The number of aliphatic hydroxyl groups is 6. The minimum atomic E-state index is -2.23. The van der Waals surface area contributed by atoms with E-state index in [9.17, 15) is 35.4 Å². The standard InChI is InChI=1S/C33H58O13/c1-3-4-5-6-7-8-9-10-11-12-13-14-15-16-17-18-25(36)44-30-27(38)24(20-35)45-33(30,32-41-21-22(2)42-32)46-31-29(40)28(39)26(37)23(19-34)43-31/h10-11,22-24,26-32,34-35,37-40H,3-9,12-21H2,1-2H3/b11-10-/t22?,23-,24-,26-,27-,28+,29-,30+,31-,32?,33-/m1/s1. The summed E-state index contributed by atoms with van der Waals surface area (Å²) >= 11 is 0. The van der Waals surface area contributed by atoms with Crippen LogP contribution < -0.4 is 0 Å². The molecule has 0 aliphatic carbocycles. The zero-order valence-electron chi connectivity index (χ0n) is 27.5. The number of ether oxygens (including phenoxy) is 6. The Morgan fingerprint density at radius 1 is 0.783 bits per heavy atom. The molecule has 3 fully saturated rings. The molecule has 0 aromatic heterocycles. The molecule has 11 atom stereocenters. The molecule has 3 aliphatic rings. The number of carbonyl (C=O) groups excluding carboxylic acids is 1. The number of carbonyl (C=O) groups is 1. The lowest BCUT2D eigenvalue weighted by Crippen LogP contribution is -2.65. The quantitative estimate of drug-likeness (QED) is 0.0594. The maximum absolute atomic E-state index is 13.0. The lowest BCUT2D eigenvalue weighted by Gasteiger charge is -2.45. The highest BCUT2D eigenvalue weighted by Crippen LogP contribution is 2.43. The summed E-state index contributed by atoms with van der Waals surface area (Å²) in [6.07, 6.45) is 4.55. The Bertz CT molecular complexity index is 888. The summed E-state index contributed by atoms with van der Waals surface area (Å²) in [7, 11) is 0. The Hall–Kier alpha value is -1.23. The topological polar surface area (TPSA) is 194 Å². The van der Waals surface area contributed by atoms with Crippen molar-refractivity contribution in [3.63, 3.8) is 0 Å². The van der Waals surface area contributed by atoms with Crippen molar-refractivity contribution in [2.45, 2.75) is 171 Å². The van der Waals surface area contributed by atoms with Crippen LogP contribution in [-0.4, -0.2) is 124 Å². The average Bonchev–Trinajstić information content (AvgIpc) is 3.60. The monoisotopic (exact) mass is 662 g/mol. The van der Waals surface area contributed by atoms with Gasteiger partial charge in [-0.2, -0.15) is 0 Å². The highest BCUT2D eigenvalue weighted by Gasteiger charge is 2.66. The van der Waals surface area contributed by atoms with Gasteiger partial charge in [-0.25, -0.2) is 0 Å². The largest absolute Gasteiger partial charge is 0.453 e. The minimum Gasteiger partial charge on any atom is -0.453 e. The molecule has 3 rings (SSSR count). The van der Waals surface area contributed by atoms with Crippen molar-refractivity contribution >= 4 is 5.97 Å². The van der Waals surface area contributed by atoms with Gasteiger partial charge >= 0.3 is 5.97 Å². The number of hydrogen-bond acceptors (Lipinski definition) is 13. The van der Waals surface area contributed by atoms with E-state index in [1.165, 1.54) is 38.5 Å². The number of aliphatic hydroxyl groups excluding tert-OH is 6. The zero-order valence-corrected chi connectivity index (χ0v) is 27.5. The van der Waals surface area contributed by atoms with Crippen molar-refractivity contribution in [3.05, 3.63) is 12.2 Å². The molecular formula is C33H58O13. The third kappa shape index (κ3) is 10.9. The molecule has 2 unspecified atom stereocenters. The maximum atomic E-state index is 13.0. The molecule has 13 nitrogen and oxygen atoms in total. The second-order valence-electron chi connectivity index (χ2n) is 12.7. The van der Waals surface area contributed by atoms with Crippen LogP contribution >= 0.6 is 0 Å². The van der Waals surface area contributed by atoms with E-state index in [4.69, 9.17) is 28.4 Å². The Labute approximate surface area is 272 Å². The first-order valence-corrected chi connectivity index (χ1v) is 17.2. The molecule has 0 radical (unpaired) electrons. The predicted molar refractivity (Wildman–Crippen MR) is 165 cm³/mol. The number of hydrogen-bond donors (Lipinski definition) is 6. The number of rotatable bonds is 21. The summed E-state index contributed by atoms with van der Waals surface area (Å²) in [5.74, 6) is -2.87. The first-order chi connectivity index (χ1) is 22.2. The Kier molecular flexibility index (Phi) is 17.3. The van der Waals surface area contributed by atoms with Gasteiger partial charge in [-0.15, -0.1) is 0 Å². The van der Waals surface area contributed by atoms with Crippen molar-refractivity contribution in [3.8, 4) is 0 Å².